The van der Waals surface area contributed by atoms with Crippen molar-refractivity contribution in [3.05, 3.63) is 29.8 Å². The van der Waals surface area contributed by atoms with Crippen LogP contribution in [0.5, 0.6) is 0 Å². The number of benzene rings is 1. The second-order valence-corrected chi connectivity index (χ2v) is 2.73. The molecule has 0 saturated carbocycles. The number of para-hydroxylation sites is 1. The second kappa shape index (κ2) is 3.61. The third kappa shape index (κ3) is 1.66. The number of rotatable bonds is 3. The van der Waals surface area contributed by atoms with Crippen molar-refractivity contribution in [3.63, 3.8) is 0 Å². The molecule has 5 heteroatoms. The molecule has 0 saturated heterocycles. The Morgan fingerprint density at radius 2 is 2.00 bits per heavy atom. The Balaban J connectivity index is 3.24. The molecule has 0 atom stereocenters. The molecule has 0 radical (unpaired) electrons. The molecule has 0 fully saturated rings. The van der Waals surface area contributed by atoms with Crippen LogP contribution in [-0.4, -0.2) is 13.0 Å². The quantitative estimate of drug-likeness (QED) is 0.772. The van der Waals surface area contributed by atoms with Gasteiger partial charge in [-0.15, -0.1) is 0 Å². The predicted molar refractivity (Wildman–Crippen MR) is 49.1 cm³/mol. The summed E-state index contributed by atoms with van der Waals surface area (Å²) >= 11 is 0. The molecular formula is C9H10F2N2O. The number of alkyl halides is 2. The summed E-state index contributed by atoms with van der Waals surface area (Å²) in [4.78, 5) is 10.5. The summed E-state index contributed by atoms with van der Waals surface area (Å²) in [5.74, 6) is -5.29. The van der Waals surface area contributed by atoms with E-state index in [0.29, 0.717) is 0 Å². The van der Waals surface area contributed by atoms with Gasteiger partial charge in [0.15, 0.2) is 0 Å². The Hall–Kier alpha value is -1.65. The SMILES string of the molecule is CNc1ccccc1C(F)(F)C(N)=O. The summed E-state index contributed by atoms with van der Waals surface area (Å²) in [6.07, 6.45) is 0. The molecule has 14 heavy (non-hydrogen) atoms. The lowest BCUT2D eigenvalue weighted by atomic mass is 10.1. The van der Waals surface area contributed by atoms with Gasteiger partial charge in [-0.25, -0.2) is 0 Å². The van der Waals surface area contributed by atoms with Gasteiger partial charge in [-0.2, -0.15) is 8.78 Å². The van der Waals surface area contributed by atoms with Crippen LogP contribution >= 0.6 is 0 Å². The maximum absolute atomic E-state index is 13.2. The number of hydrogen-bond acceptors (Lipinski definition) is 2. The van der Waals surface area contributed by atoms with E-state index in [1.807, 2.05) is 0 Å². The fraction of sp³-hybridized carbons (Fsp3) is 0.222. The molecule has 76 valence electrons. The third-order valence-corrected chi connectivity index (χ3v) is 1.84. The second-order valence-electron chi connectivity index (χ2n) is 2.73. The fourth-order valence-corrected chi connectivity index (χ4v) is 1.11. The van der Waals surface area contributed by atoms with Crippen LogP contribution in [0.25, 0.3) is 0 Å². The van der Waals surface area contributed by atoms with Crippen molar-refractivity contribution in [1.82, 2.24) is 0 Å². The first-order chi connectivity index (χ1) is 6.50. The highest BCUT2D eigenvalue weighted by molar-refractivity contribution is 5.85. The minimum Gasteiger partial charge on any atom is -0.388 e. The standard InChI is InChI=1S/C9H10F2N2O/c1-13-7-5-3-2-4-6(7)9(10,11)8(12)14/h2-5,13H,1H3,(H2,12,14). The zero-order chi connectivity index (χ0) is 10.8. The molecule has 0 aliphatic rings. The van der Waals surface area contributed by atoms with Crippen LogP contribution in [-0.2, 0) is 10.7 Å². The van der Waals surface area contributed by atoms with Crippen molar-refractivity contribution in [3.8, 4) is 0 Å². The minimum atomic E-state index is -3.64. The van der Waals surface area contributed by atoms with E-state index in [1.165, 1.54) is 19.2 Å². The Morgan fingerprint density at radius 1 is 1.43 bits per heavy atom. The van der Waals surface area contributed by atoms with E-state index < -0.39 is 17.4 Å². The van der Waals surface area contributed by atoms with E-state index in [-0.39, 0.29) is 5.69 Å². The van der Waals surface area contributed by atoms with Gasteiger partial charge in [-0.3, -0.25) is 4.79 Å². The first kappa shape index (κ1) is 10.4. The average Bonchev–Trinajstić information content (AvgIpc) is 2.17. The molecule has 0 bridgehead atoms. The zero-order valence-electron chi connectivity index (χ0n) is 7.55. The van der Waals surface area contributed by atoms with Crippen molar-refractivity contribution >= 4 is 11.6 Å². The molecule has 0 aliphatic carbocycles. The van der Waals surface area contributed by atoms with Crippen LogP contribution in [0.4, 0.5) is 14.5 Å². The van der Waals surface area contributed by atoms with E-state index in [4.69, 9.17) is 0 Å². The molecule has 3 N–H and O–H groups in total. The predicted octanol–water partition coefficient (Wildman–Crippen LogP) is 1.31. The molecule has 0 heterocycles. The van der Waals surface area contributed by atoms with Gasteiger partial charge in [0.2, 0.25) is 0 Å². The summed E-state index contributed by atoms with van der Waals surface area (Å²) in [5, 5.41) is 2.57. The molecule has 1 rings (SSSR count). The summed E-state index contributed by atoms with van der Waals surface area (Å²) in [5.41, 5.74) is 4.39. The molecule has 0 unspecified atom stereocenters. The Morgan fingerprint density at radius 3 is 2.50 bits per heavy atom. The Kier molecular flexibility index (Phi) is 2.69. The van der Waals surface area contributed by atoms with Crippen molar-refractivity contribution < 1.29 is 13.6 Å². The smallest absolute Gasteiger partial charge is 0.351 e. The molecule has 3 nitrogen and oxygen atoms in total. The van der Waals surface area contributed by atoms with Gasteiger partial charge in [0.25, 0.3) is 5.91 Å². The van der Waals surface area contributed by atoms with Gasteiger partial charge in [-0.05, 0) is 6.07 Å². The lowest BCUT2D eigenvalue weighted by molar-refractivity contribution is -0.143. The summed E-state index contributed by atoms with van der Waals surface area (Å²) in [7, 11) is 1.50. The zero-order valence-corrected chi connectivity index (χ0v) is 7.55. The third-order valence-electron chi connectivity index (χ3n) is 1.84. The van der Waals surface area contributed by atoms with Crippen LogP contribution in [0.15, 0.2) is 24.3 Å². The lowest BCUT2D eigenvalue weighted by Gasteiger charge is -2.16. The van der Waals surface area contributed by atoms with Crippen molar-refractivity contribution in [1.29, 1.82) is 0 Å². The van der Waals surface area contributed by atoms with Crippen LogP contribution in [0.2, 0.25) is 0 Å². The molecule has 0 spiro atoms. The van der Waals surface area contributed by atoms with Crippen LogP contribution in [0.1, 0.15) is 5.56 Å². The van der Waals surface area contributed by atoms with Gasteiger partial charge in [0.1, 0.15) is 0 Å². The number of amides is 1. The highest BCUT2D eigenvalue weighted by Gasteiger charge is 2.40. The molecule has 0 aromatic heterocycles. The Labute approximate surface area is 79.9 Å². The topological polar surface area (TPSA) is 55.1 Å². The van der Waals surface area contributed by atoms with Gasteiger partial charge in [0, 0.05) is 12.7 Å². The van der Waals surface area contributed by atoms with Crippen molar-refractivity contribution in [2.75, 3.05) is 12.4 Å². The number of hydrogen-bond donors (Lipinski definition) is 2. The molecule has 1 amide bonds. The van der Waals surface area contributed by atoms with Crippen LogP contribution < -0.4 is 11.1 Å². The van der Waals surface area contributed by atoms with Gasteiger partial charge >= 0.3 is 5.92 Å². The maximum atomic E-state index is 13.2. The molecule has 0 aliphatic heterocycles. The van der Waals surface area contributed by atoms with E-state index in [0.717, 1.165) is 6.07 Å². The number of carbonyl (C=O) groups is 1. The van der Waals surface area contributed by atoms with E-state index >= 15 is 0 Å². The van der Waals surface area contributed by atoms with E-state index in [9.17, 15) is 13.6 Å². The first-order valence-corrected chi connectivity index (χ1v) is 3.95. The van der Waals surface area contributed by atoms with Crippen molar-refractivity contribution in [2.24, 2.45) is 5.73 Å². The number of anilines is 1. The monoisotopic (exact) mass is 200 g/mol. The fourth-order valence-electron chi connectivity index (χ4n) is 1.11. The molecular weight excluding hydrogens is 190 g/mol. The van der Waals surface area contributed by atoms with Crippen LogP contribution in [0.3, 0.4) is 0 Å². The highest BCUT2D eigenvalue weighted by Crippen LogP contribution is 2.32. The van der Waals surface area contributed by atoms with E-state index in [2.05, 4.69) is 11.1 Å². The van der Waals surface area contributed by atoms with Crippen molar-refractivity contribution in [2.45, 2.75) is 5.92 Å². The van der Waals surface area contributed by atoms with Gasteiger partial charge < -0.3 is 11.1 Å². The summed E-state index contributed by atoms with van der Waals surface area (Å²) in [6.45, 7) is 0. The maximum Gasteiger partial charge on any atom is 0.351 e. The number of halogens is 2. The number of nitrogens with one attached hydrogen (secondary N) is 1. The number of primary amides is 1. The summed E-state index contributed by atoms with van der Waals surface area (Å²) in [6, 6.07) is 5.63. The molecule has 1 aromatic carbocycles. The summed E-state index contributed by atoms with van der Waals surface area (Å²) < 4.78 is 26.4. The largest absolute Gasteiger partial charge is 0.388 e. The number of carbonyl (C=O) groups excluding carboxylic acids is 1. The van der Waals surface area contributed by atoms with Gasteiger partial charge in [0.05, 0.1) is 5.56 Å². The van der Waals surface area contributed by atoms with Crippen LogP contribution in [0, 0.1) is 0 Å². The Bertz CT molecular complexity index is 352. The molecule has 1 aromatic rings. The lowest BCUT2D eigenvalue weighted by Crippen LogP contribution is -2.33. The van der Waals surface area contributed by atoms with E-state index in [1.54, 1.807) is 6.07 Å². The number of nitrogens with two attached hydrogens (primary N) is 1. The normalized spacial score (nSPS) is 11.1. The average molecular weight is 200 g/mol. The van der Waals surface area contributed by atoms with Gasteiger partial charge in [-0.1, -0.05) is 18.2 Å². The minimum absolute atomic E-state index is 0.191. The highest BCUT2D eigenvalue weighted by atomic mass is 19.3. The first-order valence-electron chi connectivity index (χ1n) is 3.95.